The Morgan fingerprint density at radius 1 is 1.40 bits per heavy atom. The first kappa shape index (κ1) is 11.7. The summed E-state index contributed by atoms with van der Waals surface area (Å²) in [6.45, 7) is 6.09. The summed E-state index contributed by atoms with van der Waals surface area (Å²) in [5, 5.41) is 0. The number of Topliss-reactive ketones (excluding diaryl/α,β-unsaturated/α-hetero) is 1. The van der Waals surface area contributed by atoms with Crippen LogP contribution in [0.3, 0.4) is 0 Å². The van der Waals surface area contributed by atoms with E-state index in [0.717, 1.165) is 18.5 Å². The SMILES string of the molecule is CCCCn1c(C)ccc(C(C)=O)c1=O. The number of aryl methyl sites for hydroxylation is 1. The second-order valence-electron chi connectivity index (χ2n) is 3.75. The minimum absolute atomic E-state index is 0.157. The molecule has 15 heavy (non-hydrogen) atoms. The Morgan fingerprint density at radius 2 is 2.07 bits per heavy atom. The smallest absolute Gasteiger partial charge is 0.261 e. The molecule has 0 atom stereocenters. The molecule has 1 aromatic heterocycles. The highest BCUT2D eigenvalue weighted by Gasteiger charge is 2.09. The first-order valence-electron chi connectivity index (χ1n) is 5.29. The van der Waals surface area contributed by atoms with Crippen LogP contribution in [0.5, 0.6) is 0 Å². The molecule has 0 aliphatic carbocycles. The van der Waals surface area contributed by atoms with Gasteiger partial charge in [0, 0.05) is 12.2 Å². The van der Waals surface area contributed by atoms with Gasteiger partial charge in [-0.05, 0) is 32.4 Å². The van der Waals surface area contributed by atoms with Gasteiger partial charge < -0.3 is 4.57 Å². The van der Waals surface area contributed by atoms with E-state index < -0.39 is 0 Å². The van der Waals surface area contributed by atoms with Crippen LogP contribution in [0.15, 0.2) is 16.9 Å². The normalized spacial score (nSPS) is 10.3. The highest BCUT2D eigenvalue weighted by molar-refractivity contribution is 5.93. The number of carbonyl (C=O) groups excluding carboxylic acids is 1. The molecular formula is C12H17NO2. The standard InChI is InChI=1S/C12H17NO2/c1-4-5-8-13-9(2)6-7-11(10(3)14)12(13)15/h6-7H,4-5,8H2,1-3H3. The average Bonchev–Trinajstić information content (AvgIpc) is 2.17. The quantitative estimate of drug-likeness (QED) is 0.710. The summed E-state index contributed by atoms with van der Waals surface area (Å²) >= 11 is 0. The molecule has 0 amide bonds. The summed E-state index contributed by atoms with van der Waals surface area (Å²) in [7, 11) is 0. The van der Waals surface area contributed by atoms with Crippen molar-refractivity contribution in [3.8, 4) is 0 Å². The van der Waals surface area contributed by atoms with Gasteiger partial charge in [0.1, 0.15) is 0 Å². The summed E-state index contributed by atoms with van der Waals surface area (Å²) in [5.41, 5.74) is 1.05. The molecule has 0 spiro atoms. The number of ketones is 1. The van der Waals surface area contributed by atoms with Crippen molar-refractivity contribution in [1.29, 1.82) is 0 Å². The van der Waals surface area contributed by atoms with E-state index >= 15 is 0 Å². The van der Waals surface area contributed by atoms with Crippen LogP contribution < -0.4 is 5.56 Å². The molecule has 0 aromatic carbocycles. The Labute approximate surface area is 89.7 Å². The van der Waals surface area contributed by atoms with E-state index in [4.69, 9.17) is 0 Å². The molecule has 0 aliphatic heterocycles. The molecule has 1 heterocycles. The molecule has 0 aliphatic rings. The van der Waals surface area contributed by atoms with Gasteiger partial charge in [-0.25, -0.2) is 0 Å². The summed E-state index contributed by atoms with van der Waals surface area (Å²) in [5.74, 6) is -0.162. The van der Waals surface area contributed by atoms with Crippen LogP contribution in [0.25, 0.3) is 0 Å². The fourth-order valence-corrected chi connectivity index (χ4v) is 1.53. The Balaban J connectivity index is 3.18. The van der Waals surface area contributed by atoms with Crippen molar-refractivity contribution in [2.75, 3.05) is 0 Å². The molecule has 0 fully saturated rings. The highest BCUT2D eigenvalue weighted by Crippen LogP contribution is 2.01. The summed E-state index contributed by atoms with van der Waals surface area (Å²) in [6, 6.07) is 3.44. The Hall–Kier alpha value is -1.38. The van der Waals surface area contributed by atoms with E-state index in [1.54, 1.807) is 10.6 Å². The molecule has 0 unspecified atom stereocenters. The van der Waals surface area contributed by atoms with E-state index in [1.807, 2.05) is 13.0 Å². The molecule has 0 N–H and O–H groups in total. The zero-order chi connectivity index (χ0) is 11.4. The van der Waals surface area contributed by atoms with E-state index in [2.05, 4.69) is 6.92 Å². The van der Waals surface area contributed by atoms with Crippen LogP contribution in [-0.4, -0.2) is 10.4 Å². The van der Waals surface area contributed by atoms with Crippen molar-refractivity contribution in [3.05, 3.63) is 33.7 Å². The molecule has 0 radical (unpaired) electrons. The number of pyridine rings is 1. The van der Waals surface area contributed by atoms with Crippen molar-refractivity contribution in [2.45, 2.75) is 40.2 Å². The maximum Gasteiger partial charge on any atom is 0.261 e. The lowest BCUT2D eigenvalue weighted by atomic mass is 10.2. The van der Waals surface area contributed by atoms with Crippen LogP contribution in [0.4, 0.5) is 0 Å². The third-order valence-corrected chi connectivity index (χ3v) is 2.51. The first-order valence-corrected chi connectivity index (χ1v) is 5.29. The van der Waals surface area contributed by atoms with Gasteiger partial charge in [-0.3, -0.25) is 9.59 Å². The van der Waals surface area contributed by atoms with Gasteiger partial charge in [0.2, 0.25) is 0 Å². The lowest BCUT2D eigenvalue weighted by Crippen LogP contribution is -2.27. The van der Waals surface area contributed by atoms with Crippen LogP contribution in [0.2, 0.25) is 0 Å². The fourth-order valence-electron chi connectivity index (χ4n) is 1.53. The van der Waals surface area contributed by atoms with Crippen molar-refractivity contribution >= 4 is 5.78 Å². The predicted molar refractivity (Wildman–Crippen MR) is 60.4 cm³/mol. The Bertz CT molecular complexity index is 418. The van der Waals surface area contributed by atoms with Gasteiger partial charge in [0.05, 0.1) is 5.56 Å². The van der Waals surface area contributed by atoms with E-state index in [-0.39, 0.29) is 16.9 Å². The monoisotopic (exact) mass is 207 g/mol. The maximum absolute atomic E-state index is 11.9. The zero-order valence-corrected chi connectivity index (χ0v) is 9.54. The molecule has 1 aromatic rings. The van der Waals surface area contributed by atoms with Crippen LogP contribution in [0.1, 0.15) is 42.7 Å². The van der Waals surface area contributed by atoms with Crippen LogP contribution in [0, 0.1) is 6.92 Å². The number of rotatable bonds is 4. The number of hydrogen-bond donors (Lipinski definition) is 0. The predicted octanol–water partition coefficient (Wildman–Crippen LogP) is 2.16. The van der Waals surface area contributed by atoms with E-state index in [9.17, 15) is 9.59 Å². The fraction of sp³-hybridized carbons (Fsp3) is 0.500. The van der Waals surface area contributed by atoms with Gasteiger partial charge in [-0.2, -0.15) is 0 Å². The molecule has 3 nitrogen and oxygen atoms in total. The average molecular weight is 207 g/mol. The number of carbonyl (C=O) groups is 1. The molecule has 82 valence electrons. The molecule has 0 bridgehead atoms. The van der Waals surface area contributed by atoms with Crippen LogP contribution in [-0.2, 0) is 6.54 Å². The summed E-state index contributed by atoms with van der Waals surface area (Å²) in [6.07, 6.45) is 2.00. The minimum Gasteiger partial charge on any atom is -0.312 e. The third kappa shape index (κ3) is 2.55. The second kappa shape index (κ2) is 4.91. The molecular weight excluding hydrogens is 190 g/mol. The highest BCUT2D eigenvalue weighted by atomic mass is 16.1. The lowest BCUT2D eigenvalue weighted by Gasteiger charge is -2.10. The van der Waals surface area contributed by atoms with E-state index in [1.165, 1.54) is 6.92 Å². The third-order valence-electron chi connectivity index (χ3n) is 2.51. The Kier molecular flexibility index (Phi) is 3.83. The number of hydrogen-bond acceptors (Lipinski definition) is 2. The molecule has 0 saturated carbocycles. The van der Waals surface area contributed by atoms with Crippen molar-refractivity contribution in [3.63, 3.8) is 0 Å². The minimum atomic E-state index is -0.162. The van der Waals surface area contributed by atoms with Gasteiger partial charge in [-0.1, -0.05) is 13.3 Å². The van der Waals surface area contributed by atoms with Gasteiger partial charge in [0.15, 0.2) is 5.78 Å². The zero-order valence-electron chi connectivity index (χ0n) is 9.54. The van der Waals surface area contributed by atoms with Gasteiger partial charge in [-0.15, -0.1) is 0 Å². The Morgan fingerprint density at radius 3 is 2.60 bits per heavy atom. The topological polar surface area (TPSA) is 39.1 Å². The first-order chi connectivity index (χ1) is 7.07. The van der Waals surface area contributed by atoms with Crippen molar-refractivity contribution in [2.24, 2.45) is 0 Å². The largest absolute Gasteiger partial charge is 0.312 e. The van der Waals surface area contributed by atoms with E-state index in [0.29, 0.717) is 6.54 Å². The second-order valence-corrected chi connectivity index (χ2v) is 3.75. The summed E-state index contributed by atoms with van der Waals surface area (Å²) < 4.78 is 1.68. The van der Waals surface area contributed by atoms with Crippen molar-refractivity contribution < 1.29 is 4.79 Å². The summed E-state index contributed by atoms with van der Waals surface area (Å²) in [4.78, 5) is 23.1. The van der Waals surface area contributed by atoms with Gasteiger partial charge in [0.25, 0.3) is 5.56 Å². The number of aromatic nitrogens is 1. The van der Waals surface area contributed by atoms with Gasteiger partial charge >= 0.3 is 0 Å². The van der Waals surface area contributed by atoms with Crippen LogP contribution >= 0.6 is 0 Å². The number of unbranched alkanes of at least 4 members (excludes halogenated alkanes) is 1. The number of nitrogens with zero attached hydrogens (tertiary/aromatic N) is 1. The molecule has 0 saturated heterocycles. The molecule has 1 rings (SSSR count). The van der Waals surface area contributed by atoms with Crippen molar-refractivity contribution in [1.82, 2.24) is 4.57 Å². The molecule has 3 heteroatoms. The lowest BCUT2D eigenvalue weighted by molar-refractivity contribution is 0.101. The maximum atomic E-state index is 11.9.